The van der Waals surface area contributed by atoms with Crippen LogP contribution in [0.5, 0.6) is 0 Å². The lowest BCUT2D eigenvalue weighted by atomic mass is 10.1. The smallest absolute Gasteiger partial charge is 0.194 e. The molecule has 2 aliphatic heterocycles. The average molecular weight is 517 g/mol. The number of guanidine groups is 1. The molecule has 2 unspecified atom stereocenters. The van der Waals surface area contributed by atoms with Gasteiger partial charge in [-0.25, -0.2) is 22.6 Å². The van der Waals surface area contributed by atoms with Crippen LogP contribution in [0.4, 0.5) is 17.6 Å². The molecule has 0 radical (unpaired) electrons. The summed E-state index contributed by atoms with van der Waals surface area (Å²) < 4.78 is 66.0. The van der Waals surface area contributed by atoms with Crippen LogP contribution in [0, 0.1) is 23.3 Å². The molecule has 1 aromatic carbocycles. The lowest BCUT2D eigenvalue weighted by molar-refractivity contribution is -0.0817. The first-order chi connectivity index (χ1) is 13.0. The van der Waals surface area contributed by atoms with Crippen LogP contribution in [0.25, 0.3) is 0 Å². The maximum absolute atomic E-state index is 13.9. The molecule has 158 valence electrons. The summed E-state index contributed by atoms with van der Waals surface area (Å²) in [4.78, 5) is 6.10. The van der Waals surface area contributed by atoms with Crippen LogP contribution < -0.4 is 5.32 Å². The standard InChI is InChI=1S/C18H23F4N3O2.HI/c1-2-23-18(24-9-11-16(21)12(19)8-13(20)17(11)22)25-5-7-27-15(10-25)14-4-3-6-26-14;/h8,14-15H,2-7,9-10H2,1H3,(H,23,24);1H. The predicted molar refractivity (Wildman–Crippen MR) is 107 cm³/mol. The Morgan fingerprint density at radius 2 is 1.82 bits per heavy atom. The van der Waals surface area contributed by atoms with Crippen LogP contribution in [-0.4, -0.2) is 55.9 Å². The average Bonchev–Trinajstić information content (AvgIpc) is 3.20. The molecular weight excluding hydrogens is 493 g/mol. The monoisotopic (exact) mass is 517 g/mol. The predicted octanol–water partition coefficient (Wildman–Crippen LogP) is 3.21. The quantitative estimate of drug-likeness (QED) is 0.219. The van der Waals surface area contributed by atoms with Gasteiger partial charge in [0.25, 0.3) is 0 Å². The lowest BCUT2D eigenvalue weighted by Crippen LogP contribution is -2.53. The third-order valence-electron chi connectivity index (χ3n) is 4.70. The van der Waals surface area contributed by atoms with E-state index in [1.54, 1.807) is 0 Å². The number of hydrogen-bond donors (Lipinski definition) is 1. The molecule has 2 atom stereocenters. The Kier molecular flexibility index (Phi) is 8.75. The number of benzene rings is 1. The molecule has 0 saturated carbocycles. The molecule has 5 nitrogen and oxygen atoms in total. The van der Waals surface area contributed by atoms with Crippen LogP contribution in [0.15, 0.2) is 11.1 Å². The molecule has 0 aliphatic carbocycles. The third-order valence-corrected chi connectivity index (χ3v) is 4.70. The van der Waals surface area contributed by atoms with Crippen molar-refractivity contribution in [1.82, 2.24) is 10.2 Å². The summed E-state index contributed by atoms with van der Waals surface area (Å²) in [6.45, 7) is 4.10. The second-order valence-corrected chi connectivity index (χ2v) is 6.52. The van der Waals surface area contributed by atoms with E-state index in [1.807, 2.05) is 11.8 Å². The van der Waals surface area contributed by atoms with Gasteiger partial charge in [-0.3, -0.25) is 0 Å². The number of morpholine rings is 1. The summed E-state index contributed by atoms with van der Waals surface area (Å²) in [6.07, 6.45) is 1.81. The second-order valence-electron chi connectivity index (χ2n) is 6.52. The van der Waals surface area contributed by atoms with E-state index in [9.17, 15) is 17.6 Å². The van der Waals surface area contributed by atoms with Gasteiger partial charge < -0.3 is 19.7 Å². The Hall–Kier alpha value is -1.14. The number of aliphatic imine (C=N–C) groups is 1. The summed E-state index contributed by atoms with van der Waals surface area (Å²) in [5.74, 6) is -5.31. The number of halogens is 5. The molecule has 0 aromatic heterocycles. The summed E-state index contributed by atoms with van der Waals surface area (Å²) >= 11 is 0. The van der Waals surface area contributed by atoms with Crippen molar-refractivity contribution in [2.45, 2.75) is 38.5 Å². The summed E-state index contributed by atoms with van der Waals surface area (Å²) in [6, 6.07) is 0.192. The Morgan fingerprint density at radius 3 is 2.43 bits per heavy atom. The van der Waals surface area contributed by atoms with E-state index in [-0.39, 0.29) is 42.3 Å². The van der Waals surface area contributed by atoms with E-state index in [4.69, 9.17) is 9.47 Å². The van der Waals surface area contributed by atoms with E-state index in [0.29, 0.717) is 38.8 Å². The highest BCUT2D eigenvalue weighted by atomic mass is 127. The number of nitrogens with zero attached hydrogens (tertiary/aromatic N) is 2. The molecule has 2 heterocycles. The van der Waals surface area contributed by atoms with Crippen molar-refractivity contribution < 1.29 is 27.0 Å². The van der Waals surface area contributed by atoms with Gasteiger partial charge in [-0.05, 0) is 19.8 Å². The SMILES string of the molecule is CCNC(=NCc1c(F)c(F)cc(F)c1F)N1CCOC(C2CCCO2)C1.I. The van der Waals surface area contributed by atoms with Crippen molar-refractivity contribution in [2.24, 2.45) is 4.99 Å². The Labute approximate surface area is 178 Å². The largest absolute Gasteiger partial charge is 0.375 e. The Balaban J connectivity index is 0.00000280. The summed E-state index contributed by atoms with van der Waals surface area (Å²) in [5.41, 5.74) is -0.730. The minimum atomic E-state index is -1.44. The van der Waals surface area contributed by atoms with E-state index in [0.717, 1.165) is 12.8 Å². The van der Waals surface area contributed by atoms with E-state index in [1.165, 1.54) is 0 Å². The highest BCUT2D eigenvalue weighted by Crippen LogP contribution is 2.22. The Bertz CT molecular complexity index is 676. The molecule has 2 saturated heterocycles. The molecule has 2 aliphatic rings. The fourth-order valence-electron chi connectivity index (χ4n) is 3.33. The van der Waals surface area contributed by atoms with Gasteiger partial charge in [-0.2, -0.15) is 0 Å². The normalized spacial score (nSPS) is 22.9. The highest BCUT2D eigenvalue weighted by molar-refractivity contribution is 14.0. The molecule has 0 bridgehead atoms. The van der Waals surface area contributed by atoms with E-state index >= 15 is 0 Å². The topological polar surface area (TPSA) is 46.1 Å². The minimum absolute atomic E-state index is 0. The number of hydrogen-bond acceptors (Lipinski definition) is 3. The van der Waals surface area contributed by atoms with Crippen molar-refractivity contribution in [3.8, 4) is 0 Å². The van der Waals surface area contributed by atoms with Crippen molar-refractivity contribution in [3.05, 3.63) is 34.9 Å². The summed E-state index contributed by atoms with van der Waals surface area (Å²) in [7, 11) is 0. The maximum Gasteiger partial charge on any atom is 0.194 e. The fourth-order valence-corrected chi connectivity index (χ4v) is 3.33. The van der Waals surface area contributed by atoms with Gasteiger partial charge in [0, 0.05) is 32.3 Å². The molecule has 3 rings (SSSR count). The zero-order chi connectivity index (χ0) is 19.4. The summed E-state index contributed by atoms with van der Waals surface area (Å²) in [5, 5.41) is 3.05. The molecule has 0 spiro atoms. The highest BCUT2D eigenvalue weighted by Gasteiger charge is 2.32. The number of ether oxygens (including phenoxy) is 2. The van der Waals surface area contributed by atoms with Gasteiger partial charge in [-0.15, -0.1) is 24.0 Å². The minimum Gasteiger partial charge on any atom is -0.375 e. The van der Waals surface area contributed by atoms with Gasteiger partial charge in [-0.1, -0.05) is 0 Å². The zero-order valence-electron chi connectivity index (χ0n) is 15.5. The maximum atomic E-state index is 13.9. The Morgan fingerprint density at radius 1 is 1.14 bits per heavy atom. The molecule has 10 heteroatoms. The number of rotatable bonds is 4. The van der Waals surface area contributed by atoms with Crippen LogP contribution in [0.1, 0.15) is 25.3 Å². The second kappa shape index (κ2) is 10.6. The van der Waals surface area contributed by atoms with Crippen molar-refractivity contribution in [3.63, 3.8) is 0 Å². The third kappa shape index (κ3) is 5.26. The van der Waals surface area contributed by atoms with Crippen LogP contribution in [0.3, 0.4) is 0 Å². The molecule has 2 fully saturated rings. The van der Waals surface area contributed by atoms with Crippen molar-refractivity contribution >= 4 is 29.9 Å². The number of nitrogens with one attached hydrogen (secondary N) is 1. The van der Waals surface area contributed by atoms with Gasteiger partial charge in [0.1, 0.15) is 6.10 Å². The fraction of sp³-hybridized carbons (Fsp3) is 0.611. The van der Waals surface area contributed by atoms with E-state index in [2.05, 4.69) is 10.3 Å². The first-order valence-corrected chi connectivity index (χ1v) is 9.09. The van der Waals surface area contributed by atoms with E-state index < -0.39 is 35.4 Å². The van der Waals surface area contributed by atoms with Crippen molar-refractivity contribution in [2.75, 3.05) is 32.8 Å². The van der Waals surface area contributed by atoms with Gasteiger partial charge >= 0.3 is 0 Å². The first kappa shape index (κ1) is 23.1. The van der Waals surface area contributed by atoms with Crippen LogP contribution >= 0.6 is 24.0 Å². The van der Waals surface area contributed by atoms with Gasteiger partial charge in [0.2, 0.25) is 0 Å². The van der Waals surface area contributed by atoms with Crippen LogP contribution in [-0.2, 0) is 16.0 Å². The molecule has 1 aromatic rings. The molecule has 28 heavy (non-hydrogen) atoms. The molecule has 1 N–H and O–H groups in total. The van der Waals surface area contributed by atoms with Gasteiger partial charge in [0.15, 0.2) is 29.2 Å². The first-order valence-electron chi connectivity index (χ1n) is 9.09. The lowest BCUT2D eigenvalue weighted by Gasteiger charge is -2.37. The zero-order valence-corrected chi connectivity index (χ0v) is 17.9. The molecular formula is C18H24F4IN3O2. The van der Waals surface area contributed by atoms with Crippen molar-refractivity contribution in [1.29, 1.82) is 0 Å². The van der Waals surface area contributed by atoms with Gasteiger partial charge in [0.05, 0.1) is 24.8 Å². The van der Waals surface area contributed by atoms with Crippen LogP contribution in [0.2, 0.25) is 0 Å². The molecule has 0 amide bonds.